The van der Waals surface area contributed by atoms with Gasteiger partial charge in [-0.05, 0) is 24.3 Å². The number of hydrogen-bond acceptors (Lipinski definition) is 2. The van der Waals surface area contributed by atoms with Crippen LogP contribution < -0.4 is 0 Å². The van der Waals surface area contributed by atoms with Crippen LogP contribution in [0.25, 0.3) is 16.9 Å². The molecule has 0 aliphatic carbocycles. The second-order valence-electron chi connectivity index (χ2n) is 5.74. The van der Waals surface area contributed by atoms with Crippen LogP contribution in [0.4, 0.5) is 26.3 Å². The minimum absolute atomic E-state index is 0.0815. The zero-order valence-electron chi connectivity index (χ0n) is 13.5. The summed E-state index contributed by atoms with van der Waals surface area (Å²) >= 11 is 0. The van der Waals surface area contributed by atoms with Crippen LogP contribution in [0, 0.1) is 0 Å². The van der Waals surface area contributed by atoms with Gasteiger partial charge in [-0.15, -0.1) is 0 Å². The van der Waals surface area contributed by atoms with Gasteiger partial charge in [0.05, 0.1) is 35.4 Å². The van der Waals surface area contributed by atoms with Gasteiger partial charge in [0.1, 0.15) is 0 Å². The van der Waals surface area contributed by atoms with Crippen molar-refractivity contribution in [3.63, 3.8) is 0 Å². The number of nitrogens with zero attached hydrogens (tertiary/aromatic N) is 2. The Morgan fingerprint density at radius 2 is 1.44 bits per heavy atom. The Morgan fingerprint density at radius 1 is 0.852 bits per heavy atom. The molecule has 3 nitrogen and oxygen atoms in total. The molecule has 3 aromatic rings. The van der Waals surface area contributed by atoms with Crippen LogP contribution in [0.1, 0.15) is 16.7 Å². The molecule has 0 saturated carbocycles. The lowest BCUT2D eigenvalue weighted by molar-refractivity contribution is -0.138. The lowest BCUT2D eigenvalue weighted by atomic mass is 10.1. The summed E-state index contributed by atoms with van der Waals surface area (Å²) in [6.07, 6.45) is -6.40. The van der Waals surface area contributed by atoms with Crippen LogP contribution in [-0.2, 0) is 19.0 Å². The molecule has 0 atom stereocenters. The van der Waals surface area contributed by atoms with Gasteiger partial charge in [0.25, 0.3) is 0 Å². The van der Waals surface area contributed by atoms with Crippen molar-refractivity contribution in [1.29, 1.82) is 0 Å². The van der Waals surface area contributed by atoms with E-state index < -0.39 is 30.1 Å². The maximum atomic E-state index is 12.9. The summed E-state index contributed by atoms with van der Waals surface area (Å²) in [6, 6.07) is 7.17. The van der Waals surface area contributed by atoms with Gasteiger partial charge in [-0.25, -0.2) is 4.98 Å². The van der Waals surface area contributed by atoms with Crippen molar-refractivity contribution in [2.24, 2.45) is 0 Å². The molecule has 0 amide bonds. The number of rotatable bonds is 3. The predicted molar refractivity (Wildman–Crippen MR) is 84.9 cm³/mol. The Balaban J connectivity index is 1.98. The van der Waals surface area contributed by atoms with Crippen LogP contribution in [0.2, 0.25) is 0 Å². The topological polar surface area (TPSA) is 38.0 Å². The summed E-state index contributed by atoms with van der Waals surface area (Å²) in [4.78, 5) is 4.04. The SMILES string of the molecule is OCc1ccc(C(F)(F)F)cc1-n1cnc(-c2ccc(C(F)(F)F)cc2)c1. The zero-order valence-corrected chi connectivity index (χ0v) is 13.5. The van der Waals surface area contributed by atoms with Crippen molar-refractivity contribution in [3.05, 3.63) is 71.7 Å². The highest BCUT2D eigenvalue weighted by Gasteiger charge is 2.31. The molecule has 0 radical (unpaired) electrons. The third-order valence-corrected chi connectivity index (χ3v) is 3.95. The van der Waals surface area contributed by atoms with E-state index in [2.05, 4.69) is 4.98 Å². The fraction of sp³-hybridized carbons (Fsp3) is 0.167. The van der Waals surface area contributed by atoms with Crippen molar-refractivity contribution >= 4 is 0 Å². The third kappa shape index (κ3) is 3.97. The first kappa shape index (κ1) is 19.0. The lowest BCUT2D eigenvalue weighted by Gasteiger charge is -2.12. The summed E-state index contributed by atoms with van der Waals surface area (Å²) in [5.41, 5.74) is -0.715. The molecule has 0 unspecified atom stereocenters. The normalized spacial score (nSPS) is 12.4. The molecule has 0 aliphatic heterocycles. The summed E-state index contributed by atoms with van der Waals surface area (Å²) in [5, 5.41) is 9.38. The van der Waals surface area contributed by atoms with Crippen LogP contribution >= 0.6 is 0 Å². The van der Waals surface area contributed by atoms with Crippen molar-refractivity contribution in [2.75, 3.05) is 0 Å². The molecule has 27 heavy (non-hydrogen) atoms. The molecule has 1 N–H and O–H groups in total. The van der Waals surface area contributed by atoms with Gasteiger partial charge in [0.2, 0.25) is 0 Å². The maximum absolute atomic E-state index is 12.9. The van der Waals surface area contributed by atoms with Crippen molar-refractivity contribution in [3.8, 4) is 16.9 Å². The van der Waals surface area contributed by atoms with Gasteiger partial charge in [-0.3, -0.25) is 0 Å². The number of aromatic nitrogens is 2. The first-order valence-electron chi connectivity index (χ1n) is 7.62. The first-order chi connectivity index (χ1) is 12.6. The van der Waals surface area contributed by atoms with Gasteiger partial charge in [-0.1, -0.05) is 18.2 Å². The smallest absolute Gasteiger partial charge is 0.392 e. The highest BCUT2D eigenvalue weighted by Crippen LogP contribution is 2.33. The maximum Gasteiger partial charge on any atom is 0.416 e. The molecule has 1 heterocycles. The number of alkyl halides is 6. The zero-order chi connectivity index (χ0) is 19.8. The van der Waals surface area contributed by atoms with E-state index in [0.717, 1.165) is 30.3 Å². The van der Waals surface area contributed by atoms with E-state index in [0.29, 0.717) is 5.56 Å². The fourth-order valence-electron chi connectivity index (χ4n) is 2.55. The number of aliphatic hydroxyl groups is 1. The molecule has 0 saturated heterocycles. The average molecular weight is 386 g/mol. The van der Waals surface area contributed by atoms with Crippen LogP contribution in [0.15, 0.2) is 55.0 Å². The lowest BCUT2D eigenvalue weighted by Crippen LogP contribution is -2.07. The quantitative estimate of drug-likeness (QED) is 0.639. The molecule has 3 rings (SSSR count). The molecule has 1 aromatic heterocycles. The highest BCUT2D eigenvalue weighted by atomic mass is 19.4. The number of benzene rings is 2. The minimum atomic E-state index is -4.56. The van der Waals surface area contributed by atoms with Crippen LogP contribution in [0.5, 0.6) is 0 Å². The Hall–Kier alpha value is -2.81. The van der Waals surface area contributed by atoms with Crippen LogP contribution in [0.3, 0.4) is 0 Å². The first-order valence-corrected chi connectivity index (χ1v) is 7.62. The number of hydrogen-bond donors (Lipinski definition) is 1. The molecule has 0 fully saturated rings. The molecular formula is C18H12F6N2O. The van der Waals surface area contributed by atoms with Crippen LogP contribution in [-0.4, -0.2) is 14.7 Å². The van der Waals surface area contributed by atoms with E-state index in [-0.39, 0.29) is 16.9 Å². The molecule has 9 heteroatoms. The standard InChI is InChI=1S/C18H12F6N2O/c19-17(20,21)13-4-1-11(2-5-13)15-8-26(10-25-15)16-7-14(18(22,23)24)6-3-12(16)9-27/h1-8,10,27H,9H2. The number of halogens is 6. The van der Waals surface area contributed by atoms with E-state index in [9.17, 15) is 31.4 Å². The average Bonchev–Trinajstić information content (AvgIpc) is 3.09. The summed E-state index contributed by atoms with van der Waals surface area (Å²) in [5.74, 6) is 0. The predicted octanol–water partition coefficient (Wildman–Crippen LogP) is 5.07. The van der Waals surface area contributed by atoms with Gasteiger partial charge >= 0.3 is 12.4 Å². The summed E-state index contributed by atoms with van der Waals surface area (Å²) < 4.78 is 78.0. The molecular weight excluding hydrogens is 374 g/mol. The van der Waals surface area contributed by atoms with Crippen molar-refractivity contribution < 1.29 is 31.4 Å². The van der Waals surface area contributed by atoms with Gasteiger partial charge in [0.15, 0.2) is 0 Å². The number of imidazole rings is 1. The highest BCUT2D eigenvalue weighted by molar-refractivity contribution is 5.60. The Labute approximate surface area is 149 Å². The minimum Gasteiger partial charge on any atom is -0.392 e. The van der Waals surface area contributed by atoms with E-state index in [4.69, 9.17) is 0 Å². The van der Waals surface area contributed by atoms with Crippen molar-refractivity contribution in [1.82, 2.24) is 9.55 Å². The Kier molecular flexibility index (Phi) is 4.73. The molecule has 0 bridgehead atoms. The Morgan fingerprint density at radius 3 is 2.00 bits per heavy atom. The number of aliphatic hydroxyl groups excluding tert-OH is 1. The third-order valence-electron chi connectivity index (χ3n) is 3.95. The molecule has 0 spiro atoms. The van der Waals surface area contributed by atoms with E-state index in [1.807, 2.05) is 0 Å². The van der Waals surface area contributed by atoms with Gasteiger partial charge in [-0.2, -0.15) is 26.3 Å². The largest absolute Gasteiger partial charge is 0.416 e. The van der Waals surface area contributed by atoms with Gasteiger partial charge < -0.3 is 9.67 Å². The second-order valence-corrected chi connectivity index (χ2v) is 5.74. The Bertz CT molecular complexity index is 942. The second kappa shape index (κ2) is 6.73. The molecule has 0 aliphatic rings. The summed E-state index contributed by atoms with van der Waals surface area (Å²) in [6.45, 7) is -0.485. The summed E-state index contributed by atoms with van der Waals surface area (Å²) in [7, 11) is 0. The van der Waals surface area contributed by atoms with Crippen molar-refractivity contribution in [2.45, 2.75) is 19.0 Å². The van der Waals surface area contributed by atoms with E-state index >= 15 is 0 Å². The molecule has 2 aromatic carbocycles. The molecule has 142 valence electrons. The monoisotopic (exact) mass is 386 g/mol. The van der Waals surface area contributed by atoms with E-state index in [1.165, 1.54) is 29.2 Å². The van der Waals surface area contributed by atoms with Gasteiger partial charge in [0, 0.05) is 17.3 Å². The van der Waals surface area contributed by atoms with E-state index in [1.54, 1.807) is 0 Å². The fourth-order valence-corrected chi connectivity index (χ4v) is 2.55.